The van der Waals surface area contributed by atoms with Crippen LogP contribution in [-0.4, -0.2) is 23.5 Å². The Morgan fingerprint density at radius 2 is 1.25 bits per heavy atom. The first-order chi connectivity index (χ1) is 17.6. The SMILES string of the molecule is CCN(C(=O)c1ccc(NC(=S)NC(=O)C(c2ccccc2)c2ccccc2)cc1)c1ccccc1. The van der Waals surface area contributed by atoms with Crippen LogP contribution in [0.25, 0.3) is 0 Å². The molecule has 0 heterocycles. The second-order valence-corrected chi connectivity index (χ2v) is 8.57. The van der Waals surface area contributed by atoms with Crippen molar-refractivity contribution in [2.45, 2.75) is 12.8 Å². The van der Waals surface area contributed by atoms with Crippen molar-refractivity contribution in [3.05, 3.63) is 132 Å². The first-order valence-corrected chi connectivity index (χ1v) is 12.2. The summed E-state index contributed by atoms with van der Waals surface area (Å²) in [7, 11) is 0. The Bertz CT molecular complexity index is 1270. The van der Waals surface area contributed by atoms with E-state index in [1.165, 1.54) is 0 Å². The third-order valence-electron chi connectivity index (χ3n) is 5.78. The highest BCUT2D eigenvalue weighted by molar-refractivity contribution is 7.80. The quantitative estimate of drug-likeness (QED) is 0.310. The maximum Gasteiger partial charge on any atom is 0.258 e. The number of carbonyl (C=O) groups excluding carboxylic acids is 2. The number of benzene rings is 4. The van der Waals surface area contributed by atoms with Gasteiger partial charge < -0.3 is 15.5 Å². The van der Waals surface area contributed by atoms with Crippen LogP contribution in [0.4, 0.5) is 11.4 Å². The van der Waals surface area contributed by atoms with Crippen molar-refractivity contribution in [2.75, 3.05) is 16.8 Å². The molecule has 0 atom stereocenters. The molecule has 0 aliphatic carbocycles. The van der Waals surface area contributed by atoms with Crippen molar-refractivity contribution in [3.63, 3.8) is 0 Å². The number of nitrogens with one attached hydrogen (secondary N) is 2. The Balaban J connectivity index is 1.43. The fourth-order valence-electron chi connectivity index (χ4n) is 4.04. The molecule has 0 radical (unpaired) electrons. The van der Waals surface area contributed by atoms with Crippen LogP contribution in [0.5, 0.6) is 0 Å². The van der Waals surface area contributed by atoms with Crippen LogP contribution < -0.4 is 15.5 Å². The number of thiocarbonyl (C=S) groups is 1. The molecule has 2 amide bonds. The maximum atomic E-state index is 13.2. The Kier molecular flexibility index (Phi) is 8.21. The van der Waals surface area contributed by atoms with Gasteiger partial charge in [-0.15, -0.1) is 0 Å². The van der Waals surface area contributed by atoms with E-state index >= 15 is 0 Å². The predicted octanol–water partition coefficient (Wildman–Crippen LogP) is 6.00. The molecule has 6 heteroatoms. The van der Waals surface area contributed by atoms with Gasteiger partial charge in [-0.3, -0.25) is 9.59 Å². The maximum absolute atomic E-state index is 13.2. The molecule has 2 N–H and O–H groups in total. The van der Waals surface area contributed by atoms with Gasteiger partial charge in [0.1, 0.15) is 0 Å². The summed E-state index contributed by atoms with van der Waals surface area (Å²) < 4.78 is 0. The normalized spacial score (nSPS) is 10.5. The van der Waals surface area contributed by atoms with Gasteiger partial charge in [-0.1, -0.05) is 78.9 Å². The number of carbonyl (C=O) groups is 2. The third kappa shape index (κ3) is 6.03. The largest absolute Gasteiger partial charge is 0.332 e. The molecule has 0 saturated heterocycles. The van der Waals surface area contributed by atoms with Crippen molar-refractivity contribution < 1.29 is 9.59 Å². The fourth-order valence-corrected chi connectivity index (χ4v) is 4.25. The van der Waals surface area contributed by atoms with Gasteiger partial charge in [0.25, 0.3) is 5.91 Å². The van der Waals surface area contributed by atoms with Gasteiger partial charge >= 0.3 is 0 Å². The summed E-state index contributed by atoms with van der Waals surface area (Å²) in [4.78, 5) is 28.0. The molecule has 0 bridgehead atoms. The molecule has 0 unspecified atom stereocenters. The van der Waals surface area contributed by atoms with Gasteiger partial charge in [0.15, 0.2) is 5.11 Å². The lowest BCUT2D eigenvalue weighted by Gasteiger charge is -2.21. The number of anilines is 2. The highest BCUT2D eigenvalue weighted by Gasteiger charge is 2.23. The van der Waals surface area contributed by atoms with Crippen molar-refractivity contribution in [3.8, 4) is 0 Å². The molecule has 0 spiro atoms. The predicted molar refractivity (Wildman–Crippen MR) is 149 cm³/mol. The summed E-state index contributed by atoms with van der Waals surface area (Å²) in [5.74, 6) is -0.803. The monoisotopic (exact) mass is 493 g/mol. The summed E-state index contributed by atoms with van der Waals surface area (Å²) >= 11 is 5.42. The molecule has 5 nitrogen and oxygen atoms in total. The minimum Gasteiger partial charge on any atom is -0.332 e. The van der Waals surface area contributed by atoms with E-state index in [4.69, 9.17) is 12.2 Å². The Labute approximate surface area is 216 Å². The second-order valence-electron chi connectivity index (χ2n) is 8.16. The van der Waals surface area contributed by atoms with Crippen molar-refractivity contribution >= 4 is 40.5 Å². The molecule has 0 saturated carbocycles. The lowest BCUT2D eigenvalue weighted by atomic mass is 9.90. The summed E-state index contributed by atoms with van der Waals surface area (Å²) in [6.45, 7) is 2.50. The van der Waals surface area contributed by atoms with Crippen LogP contribution in [-0.2, 0) is 4.79 Å². The molecule has 0 fully saturated rings. The summed E-state index contributed by atoms with van der Waals surface area (Å²) in [5.41, 5.74) is 3.85. The zero-order valence-corrected chi connectivity index (χ0v) is 20.7. The Hall–Kier alpha value is -4.29. The van der Waals surface area contributed by atoms with E-state index in [0.717, 1.165) is 16.8 Å². The molecule has 4 aromatic rings. The minimum absolute atomic E-state index is 0.0836. The van der Waals surface area contributed by atoms with Gasteiger partial charge in [-0.25, -0.2) is 0 Å². The van der Waals surface area contributed by atoms with E-state index < -0.39 is 5.92 Å². The number of hydrogen-bond acceptors (Lipinski definition) is 3. The fraction of sp³-hybridized carbons (Fsp3) is 0.100. The number of amides is 2. The van der Waals surface area contributed by atoms with Gasteiger partial charge in [0, 0.05) is 23.5 Å². The highest BCUT2D eigenvalue weighted by atomic mass is 32.1. The zero-order valence-electron chi connectivity index (χ0n) is 19.9. The molecule has 180 valence electrons. The Morgan fingerprint density at radius 3 is 1.75 bits per heavy atom. The number of rotatable bonds is 7. The van der Waals surface area contributed by atoms with Crippen LogP contribution in [0, 0.1) is 0 Å². The standard InChI is InChI=1S/C30H27N3O2S/c1-2-33(26-16-10-5-11-17-26)29(35)24-18-20-25(21-19-24)31-30(36)32-28(34)27(22-12-6-3-7-13-22)23-14-8-4-9-15-23/h3-21,27H,2H2,1H3,(H2,31,32,34,36). The minimum atomic E-state index is -0.495. The average molecular weight is 494 g/mol. The van der Waals surface area contributed by atoms with E-state index in [1.807, 2.05) is 97.9 Å². The van der Waals surface area contributed by atoms with Crippen LogP contribution in [0.15, 0.2) is 115 Å². The molecular formula is C30H27N3O2S. The lowest BCUT2D eigenvalue weighted by Crippen LogP contribution is -2.37. The van der Waals surface area contributed by atoms with E-state index in [2.05, 4.69) is 10.6 Å². The van der Waals surface area contributed by atoms with Crippen molar-refractivity contribution in [1.82, 2.24) is 5.32 Å². The number of hydrogen-bond donors (Lipinski definition) is 2. The molecule has 0 aliphatic rings. The first kappa shape index (κ1) is 24.8. The van der Waals surface area contributed by atoms with Crippen LogP contribution in [0.3, 0.4) is 0 Å². The van der Waals surface area contributed by atoms with Gasteiger partial charge in [-0.05, 0) is 66.7 Å². The summed E-state index contributed by atoms with van der Waals surface area (Å²) in [6.07, 6.45) is 0. The smallest absolute Gasteiger partial charge is 0.258 e. The third-order valence-corrected chi connectivity index (χ3v) is 5.99. The molecule has 0 aromatic heterocycles. The number of nitrogens with zero attached hydrogens (tertiary/aromatic N) is 1. The summed E-state index contributed by atoms with van der Waals surface area (Å²) in [6, 6.07) is 35.8. The first-order valence-electron chi connectivity index (χ1n) is 11.8. The molecule has 36 heavy (non-hydrogen) atoms. The van der Waals surface area contributed by atoms with Crippen LogP contribution >= 0.6 is 12.2 Å². The van der Waals surface area contributed by atoms with E-state index in [1.54, 1.807) is 29.2 Å². The molecular weight excluding hydrogens is 466 g/mol. The van der Waals surface area contributed by atoms with E-state index in [9.17, 15) is 9.59 Å². The second kappa shape index (κ2) is 11.9. The highest BCUT2D eigenvalue weighted by Crippen LogP contribution is 2.25. The van der Waals surface area contributed by atoms with Crippen molar-refractivity contribution in [2.24, 2.45) is 0 Å². The molecule has 0 aliphatic heterocycles. The van der Waals surface area contributed by atoms with Crippen molar-refractivity contribution in [1.29, 1.82) is 0 Å². The summed E-state index contributed by atoms with van der Waals surface area (Å²) in [5, 5.41) is 6.05. The van der Waals surface area contributed by atoms with Crippen LogP contribution in [0.2, 0.25) is 0 Å². The lowest BCUT2D eigenvalue weighted by molar-refractivity contribution is -0.120. The van der Waals surface area contributed by atoms with Gasteiger partial charge in [-0.2, -0.15) is 0 Å². The van der Waals surface area contributed by atoms with Crippen LogP contribution in [0.1, 0.15) is 34.3 Å². The zero-order chi connectivity index (χ0) is 25.3. The Morgan fingerprint density at radius 1 is 0.750 bits per heavy atom. The van der Waals surface area contributed by atoms with E-state index in [0.29, 0.717) is 17.8 Å². The molecule has 4 rings (SSSR count). The van der Waals surface area contributed by atoms with Gasteiger partial charge in [0.2, 0.25) is 5.91 Å². The van der Waals surface area contributed by atoms with E-state index in [-0.39, 0.29) is 16.9 Å². The average Bonchev–Trinajstić information content (AvgIpc) is 2.91. The topological polar surface area (TPSA) is 61.4 Å². The molecule has 4 aromatic carbocycles. The number of para-hydroxylation sites is 1. The van der Waals surface area contributed by atoms with Gasteiger partial charge in [0.05, 0.1) is 5.92 Å².